The molecule has 0 saturated carbocycles. The first-order valence-corrected chi connectivity index (χ1v) is 7.56. The molecule has 0 bridgehead atoms. The van der Waals surface area contributed by atoms with Gasteiger partial charge in [0.25, 0.3) is 10.0 Å². The molecule has 9 heteroatoms. The molecule has 7 nitrogen and oxygen atoms in total. The highest BCUT2D eigenvalue weighted by Gasteiger charge is 2.28. The molecule has 1 atom stereocenters. The summed E-state index contributed by atoms with van der Waals surface area (Å²) >= 11 is 1.17. The maximum absolute atomic E-state index is 12.0. The van der Waals surface area contributed by atoms with Crippen molar-refractivity contribution >= 4 is 27.3 Å². The zero-order valence-electron chi connectivity index (χ0n) is 9.82. The minimum absolute atomic E-state index is 0.159. The molecule has 0 aliphatic rings. The average molecular weight is 301 g/mol. The van der Waals surface area contributed by atoms with Gasteiger partial charge in [0.05, 0.1) is 6.20 Å². The number of nitrogens with one attached hydrogen (secondary N) is 2. The van der Waals surface area contributed by atoms with E-state index in [2.05, 4.69) is 14.7 Å². The highest BCUT2D eigenvalue weighted by atomic mass is 32.2. The molecule has 2 aromatic heterocycles. The first-order valence-electron chi connectivity index (χ1n) is 5.20. The van der Waals surface area contributed by atoms with E-state index in [0.29, 0.717) is 10.7 Å². The van der Waals surface area contributed by atoms with Gasteiger partial charge in [0.15, 0.2) is 11.1 Å². The number of aromatic nitrogens is 2. The van der Waals surface area contributed by atoms with Crippen molar-refractivity contribution in [2.45, 2.75) is 18.0 Å². The molecule has 3 N–H and O–H groups in total. The quantitative estimate of drug-likeness (QED) is 0.759. The largest absolute Gasteiger partial charge is 0.480 e. The number of carbonyl (C=O) groups is 1. The molecule has 102 valence electrons. The zero-order chi connectivity index (χ0) is 14.0. The number of nitrogens with zero attached hydrogens (tertiary/aromatic N) is 1. The lowest BCUT2D eigenvalue weighted by Gasteiger charge is -2.12. The number of imidazole rings is 1. The SMILES string of the molecule is Cc1ncc(S(=O)(=O)NC(C(=O)O)c2cccs2)[nH]1. The molecular weight excluding hydrogens is 290 g/mol. The highest BCUT2D eigenvalue weighted by Crippen LogP contribution is 2.21. The fraction of sp³-hybridized carbons (Fsp3) is 0.200. The van der Waals surface area contributed by atoms with Crippen LogP contribution in [0.1, 0.15) is 16.7 Å². The van der Waals surface area contributed by atoms with E-state index in [0.717, 1.165) is 6.20 Å². The van der Waals surface area contributed by atoms with E-state index in [9.17, 15) is 13.2 Å². The van der Waals surface area contributed by atoms with E-state index in [-0.39, 0.29) is 5.03 Å². The summed E-state index contributed by atoms with van der Waals surface area (Å²) in [5.74, 6) is -0.828. The van der Waals surface area contributed by atoms with E-state index in [1.165, 1.54) is 11.3 Å². The molecule has 2 heterocycles. The Morgan fingerprint density at radius 3 is 2.79 bits per heavy atom. The zero-order valence-corrected chi connectivity index (χ0v) is 11.5. The van der Waals surface area contributed by atoms with Gasteiger partial charge in [-0.1, -0.05) is 6.07 Å². The summed E-state index contributed by atoms with van der Waals surface area (Å²) < 4.78 is 26.2. The second kappa shape index (κ2) is 5.11. The Kier molecular flexibility index (Phi) is 3.69. The van der Waals surface area contributed by atoms with Gasteiger partial charge in [-0.2, -0.15) is 4.72 Å². The van der Waals surface area contributed by atoms with Crippen LogP contribution in [0, 0.1) is 6.92 Å². The number of aryl methyl sites for hydroxylation is 1. The maximum atomic E-state index is 12.0. The Bertz CT molecular complexity index is 675. The Morgan fingerprint density at radius 1 is 1.58 bits per heavy atom. The van der Waals surface area contributed by atoms with Crippen molar-refractivity contribution in [1.29, 1.82) is 0 Å². The van der Waals surface area contributed by atoms with E-state index < -0.39 is 22.0 Å². The predicted octanol–water partition coefficient (Wildman–Crippen LogP) is 0.884. The maximum Gasteiger partial charge on any atom is 0.327 e. The normalized spacial score (nSPS) is 13.3. The summed E-state index contributed by atoms with van der Waals surface area (Å²) in [6.07, 6.45) is 1.14. The second-order valence-corrected chi connectivity index (χ2v) is 6.40. The summed E-state index contributed by atoms with van der Waals surface area (Å²) in [7, 11) is -3.95. The van der Waals surface area contributed by atoms with E-state index in [1.807, 2.05) is 0 Å². The fourth-order valence-corrected chi connectivity index (χ4v) is 3.42. The number of H-pyrrole nitrogens is 1. The Balaban J connectivity index is 2.30. The fourth-order valence-electron chi connectivity index (χ4n) is 1.44. The van der Waals surface area contributed by atoms with Gasteiger partial charge in [-0.3, -0.25) is 4.79 Å². The molecule has 2 aromatic rings. The molecule has 0 amide bonds. The van der Waals surface area contributed by atoms with Crippen LogP contribution in [0.3, 0.4) is 0 Å². The number of hydrogen-bond donors (Lipinski definition) is 3. The summed E-state index contributed by atoms with van der Waals surface area (Å²) in [6.45, 7) is 1.60. The number of carboxylic acids is 1. The first-order chi connectivity index (χ1) is 8.90. The van der Waals surface area contributed by atoms with Crippen LogP contribution in [0.4, 0.5) is 0 Å². The molecule has 0 spiro atoms. The van der Waals surface area contributed by atoms with Crippen LogP contribution in [0.5, 0.6) is 0 Å². The standard InChI is InChI=1S/C10H11N3O4S2/c1-6-11-5-8(12-6)19(16,17)13-9(10(14)15)7-3-2-4-18-7/h2-5,9,13H,1H3,(H,11,12)(H,14,15). The van der Waals surface area contributed by atoms with Gasteiger partial charge in [0, 0.05) is 4.88 Å². The lowest BCUT2D eigenvalue weighted by atomic mass is 10.3. The van der Waals surface area contributed by atoms with Gasteiger partial charge in [-0.15, -0.1) is 11.3 Å². The van der Waals surface area contributed by atoms with Gasteiger partial charge in [0.2, 0.25) is 0 Å². The minimum Gasteiger partial charge on any atom is -0.480 e. The van der Waals surface area contributed by atoms with Crippen molar-refractivity contribution in [2.24, 2.45) is 0 Å². The topological polar surface area (TPSA) is 112 Å². The summed E-state index contributed by atoms with van der Waals surface area (Å²) in [4.78, 5) is 17.9. The van der Waals surface area contributed by atoms with Gasteiger partial charge in [-0.25, -0.2) is 13.4 Å². The number of rotatable bonds is 5. The molecule has 0 radical (unpaired) electrons. The molecule has 0 saturated heterocycles. The third kappa shape index (κ3) is 3.00. The second-order valence-electron chi connectivity index (χ2n) is 3.74. The Labute approximate surface area is 113 Å². The molecular formula is C10H11N3O4S2. The number of carboxylic acid groups (broad SMARTS) is 1. The van der Waals surface area contributed by atoms with Gasteiger partial charge in [-0.05, 0) is 18.4 Å². The lowest BCUT2D eigenvalue weighted by Crippen LogP contribution is -2.33. The van der Waals surface area contributed by atoms with E-state index in [4.69, 9.17) is 5.11 Å². The van der Waals surface area contributed by atoms with E-state index in [1.54, 1.807) is 24.4 Å². The Morgan fingerprint density at radius 2 is 2.32 bits per heavy atom. The van der Waals surface area contributed by atoms with Crippen LogP contribution in [-0.2, 0) is 14.8 Å². The van der Waals surface area contributed by atoms with Crippen LogP contribution in [-0.4, -0.2) is 29.5 Å². The monoisotopic (exact) mass is 301 g/mol. The smallest absolute Gasteiger partial charge is 0.327 e. The van der Waals surface area contributed by atoms with Crippen LogP contribution in [0.15, 0.2) is 28.7 Å². The summed E-state index contributed by atoms with van der Waals surface area (Å²) in [5, 5.41) is 10.6. The number of aromatic amines is 1. The van der Waals surface area contributed by atoms with Crippen LogP contribution in [0.25, 0.3) is 0 Å². The van der Waals surface area contributed by atoms with Gasteiger partial charge in [0.1, 0.15) is 5.82 Å². The molecule has 0 fully saturated rings. The average Bonchev–Trinajstić information content (AvgIpc) is 2.96. The molecule has 1 unspecified atom stereocenters. The van der Waals surface area contributed by atoms with Crippen molar-refractivity contribution in [2.75, 3.05) is 0 Å². The molecule has 0 aromatic carbocycles. The molecule has 0 aliphatic carbocycles. The minimum atomic E-state index is -3.95. The van der Waals surface area contributed by atoms with Crippen molar-refractivity contribution in [3.63, 3.8) is 0 Å². The highest BCUT2D eigenvalue weighted by molar-refractivity contribution is 7.89. The van der Waals surface area contributed by atoms with Crippen molar-refractivity contribution < 1.29 is 18.3 Å². The van der Waals surface area contributed by atoms with E-state index >= 15 is 0 Å². The number of hydrogen-bond acceptors (Lipinski definition) is 5. The summed E-state index contributed by atoms with van der Waals surface area (Å²) in [5.41, 5.74) is 0. The molecule has 2 rings (SSSR count). The van der Waals surface area contributed by atoms with Crippen LogP contribution >= 0.6 is 11.3 Å². The molecule has 19 heavy (non-hydrogen) atoms. The third-order valence-corrected chi connectivity index (χ3v) is 4.59. The molecule has 0 aliphatic heterocycles. The summed E-state index contributed by atoms with van der Waals surface area (Å²) in [6, 6.07) is 1.91. The van der Waals surface area contributed by atoms with Gasteiger partial charge >= 0.3 is 5.97 Å². The number of sulfonamides is 1. The number of thiophene rings is 1. The van der Waals surface area contributed by atoms with Crippen LogP contribution < -0.4 is 4.72 Å². The van der Waals surface area contributed by atoms with Crippen LogP contribution in [0.2, 0.25) is 0 Å². The predicted molar refractivity (Wildman–Crippen MR) is 68.3 cm³/mol. The van der Waals surface area contributed by atoms with Crippen molar-refractivity contribution in [3.8, 4) is 0 Å². The van der Waals surface area contributed by atoms with Crippen molar-refractivity contribution in [1.82, 2.24) is 14.7 Å². The lowest BCUT2D eigenvalue weighted by molar-refractivity contribution is -0.139. The third-order valence-electron chi connectivity index (χ3n) is 2.32. The number of aliphatic carboxylic acids is 1. The first kappa shape index (κ1) is 13.7. The van der Waals surface area contributed by atoms with Crippen molar-refractivity contribution in [3.05, 3.63) is 34.4 Å². The Hall–Kier alpha value is -1.71. The van der Waals surface area contributed by atoms with Gasteiger partial charge < -0.3 is 10.1 Å².